The number of hydrogen-bond donors (Lipinski definition) is 1. The smallest absolute Gasteiger partial charge is 0.317 e. The highest BCUT2D eigenvalue weighted by molar-refractivity contribution is 8.03. The van der Waals surface area contributed by atoms with Gasteiger partial charge in [-0.25, -0.2) is 4.79 Å². The Hall–Kier alpha value is -1.95. The number of piperidine rings is 2. The van der Waals surface area contributed by atoms with E-state index in [0.29, 0.717) is 11.8 Å². The van der Waals surface area contributed by atoms with Crippen LogP contribution in [0.4, 0.5) is 4.79 Å². The molecule has 1 aromatic carbocycles. The summed E-state index contributed by atoms with van der Waals surface area (Å²) in [5.41, 5.74) is 1.26. The van der Waals surface area contributed by atoms with Crippen molar-refractivity contribution in [2.24, 2.45) is 11.8 Å². The third-order valence-corrected chi connectivity index (χ3v) is 7.81. The van der Waals surface area contributed by atoms with Gasteiger partial charge >= 0.3 is 6.03 Å². The number of carbonyl (C=O) groups excluding carboxylic acids is 2. The molecule has 29 heavy (non-hydrogen) atoms. The van der Waals surface area contributed by atoms with E-state index in [0.717, 1.165) is 51.1 Å². The van der Waals surface area contributed by atoms with Crippen LogP contribution in [0.2, 0.25) is 0 Å². The van der Waals surface area contributed by atoms with Gasteiger partial charge in [0.1, 0.15) is 0 Å². The fourth-order valence-corrected chi connectivity index (χ4v) is 6.18. The van der Waals surface area contributed by atoms with Crippen LogP contribution in [-0.2, 0) is 4.79 Å². The molecule has 2 unspecified atom stereocenters. The summed E-state index contributed by atoms with van der Waals surface area (Å²) in [5.74, 6) is 1.65. The zero-order chi connectivity index (χ0) is 20.2. The Bertz CT molecular complexity index is 759. The summed E-state index contributed by atoms with van der Waals surface area (Å²) in [6, 6.07) is 10.7. The number of thioether (sulfide) groups is 1. The second-order valence-electron chi connectivity index (χ2n) is 8.26. The minimum atomic E-state index is -0.00344. The first-order valence-electron chi connectivity index (χ1n) is 10.8. The maximum atomic E-state index is 13.4. The van der Waals surface area contributed by atoms with E-state index in [1.165, 1.54) is 16.9 Å². The monoisotopic (exact) mass is 413 g/mol. The number of rotatable bonds is 3. The molecule has 2 fully saturated rings. The molecule has 0 aliphatic carbocycles. The van der Waals surface area contributed by atoms with E-state index < -0.39 is 0 Å². The zero-order valence-electron chi connectivity index (χ0n) is 17.2. The summed E-state index contributed by atoms with van der Waals surface area (Å²) in [5, 5.41) is 2.71. The molecule has 3 heterocycles. The summed E-state index contributed by atoms with van der Waals surface area (Å²) >= 11 is 1.86. The number of amides is 3. The first kappa shape index (κ1) is 20.3. The van der Waals surface area contributed by atoms with Crippen LogP contribution in [0.5, 0.6) is 0 Å². The third kappa shape index (κ3) is 4.47. The minimum absolute atomic E-state index is 0.00344. The van der Waals surface area contributed by atoms with Gasteiger partial charge in [-0.3, -0.25) is 4.79 Å². The third-order valence-electron chi connectivity index (χ3n) is 6.48. The molecular weight excluding hydrogens is 382 g/mol. The second kappa shape index (κ2) is 9.24. The van der Waals surface area contributed by atoms with Crippen LogP contribution in [-0.4, -0.2) is 54.2 Å². The summed E-state index contributed by atoms with van der Waals surface area (Å²) in [7, 11) is 1.68. The lowest BCUT2D eigenvalue weighted by atomic mass is 9.92. The van der Waals surface area contributed by atoms with Gasteiger partial charge in [0.2, 0.25) is 5.91 Å². The van der Waals surface area contributed by atoms with E-state index in [9.17, 15) is 9.59 Å². The fraction of sp³-hybridized carbons (Fsp3) is 0.565. The van der Waals surface area contributed by atoms with Crippen molar-refractivity contribution in [3.05, 3.63) is 46.9 Å². The van der Waals surface area contributed by atoms with Gasteiger partial charge in [-0.15, -0.1) is 11.8 Å². The number of likely N-dealkylation sites (tertiary alicyclic amines) is 2. The molecule has 2 atom stereocenters. The summed E-state index contributed by atoms with van der Waals surface area (Å²) in [6.07, 6.45) is 7.57. The number of allylic oxidation sites excluding steroid dienone is 1. The standard InChI is InChI=1S/C23H31N3O2S/c1-24-23(28)25-13-10-18(11-14-25)21-15-19(16-29-21)22(27)26-12-6-5-9-20(26)17-7-3-2-4-8-17/h2-4,7-8,15,18-20H,5-6,9-14,16H2,1H3,(H,24,28). The Balaban J connectivity index is 1.40. The lowest BCUT2D eigenvalue weighted by Gasteiger charge is -2.37. The number of nitrogens with one attached hydrogen (secondary N) is 1. The Labute approximate surface area is 177 Å². The van der Waals surface area contributed by atoms with E-state index in [2.05, 4.69) is 40.6 Å². The maximum absolute atomic E-state index is 13.4. The number of urea groups is 1. The number of hydrogen-bond acceptors (Lipinski definition) is 3. The van der Waals surface area contributed by atoms with Gasteiger partial charge in [-0.05, 0) is 48.5 Å². The van der Waals surface area contributed by atoms with Crippen LogP contribution in [0.15, 0.2) is 41.3 Å². The zero-order valence-corrected chi connectivity index (χ0v) is 18.0. The molecule has 156 valence electrons. The van der Waals surface area contributed by atoms with Crippen LogP contribution < -0.4 is 5.32 Å². The Kier molecular flexibility index (Phi) is 6.48. The van der Waals surface area contributed by atoms with Crippen LogP contribution in [0.3, 0.4) is 0 Å². The molecule has 3 aliphatic rings. The van der Waals surface area contributed by atoms with E-state index in [1.807, 2.05) is 22.7 Å². The van der Waals surface area contributed by atoms with E-state index >= 15 is 0 Å². The maximum Gasteiger partial charge on any atom is 0.317 e. The van der Waals surface area contributed by atoms with Gasteiger partial charge in [-0.2, -0.15) is 0 Å². The number of carbonyl (C=O) groups is 2. The van der Waals surface area contributed by atoms with Crippen molar-refractivity contribution in [2.75, 3.05) is 32.4 Å². The van der Waals surface area contributed by atoms with Gasteiger partial charge in [0.25, 0.3) is 0 Å². The second-order valence-corrected chi connectivity index (χ2v) is 9.35. The molecule has 0 saturated carbocycles. The van der Waals surface area contributed by atoms with Crippen LogP contribution >= 0.6 is 11.8 Å². The molecular formula is C23H31N3O2S. The SMILES string of the molecule is CNC(=O)N1CCC(C2=CC(C(=O)N3CCCCC3c3ccccc3)CS2)CC1. The molecule has 2 saturated heterocycles. The highest BCUT2D eigenvalue weighted by Gasteiger charge is 2.35. The van der Waals surface area contributed by atoms with Crippen molar-refractivity contribution in [1.29, 1.82) is 0 Å². The van der Waals surface area contributed by atoms with Crippen molar-refractivity contribution < 1.29 is 9.59 Å². The van der Waals surface area contributed by atoms with Crippen molar-refractivity contribution in [3.63, 3.8) is 0 Å². The number of nitrogens with zero attached hydrogens (tertiary/aromatic N) is 2. The molecule has 1 N–H and O–H groups in total. The molecule has 3 amide bonds. The van der Waals surface area contributed by atoms with Crippen molar-refractivity contribution in [1.82, 2.24) is 15.1 Å². The summed E-state index contributed by atoms with van der Waals surface area (Å²) < 4.78 is 0. The number of benzene rings is 1. The fourth-order valence-electron chi connectivity index (χ4n) is 4.83. The Morgan fingerprint density at radius 2 is 1.79 bits per heavy atom. The van der Waals surface area contributed by atoms with Gasteiger partial charge in [-0.1, -0.05) is 36.4 Å². The average molecular weight is 414 g/mol. The largest absolute Gasteiger partial charge is 0.341 e. The molecule has 0 spiro atoms. The summed E-state index contributed by atoms with van der Waals surface area (Å²) in [6.45, 7) is 2.46. The molecule has 3 aliphatic heterocycles. The van der Waals surface area contributed by atoms with Gasteiger partial charge in [0.05, 0.1) is 12.0 Å². The highest BCUT2D eigenvalue weighted by atomic mass is 32.2. The average Bonchev–Trinajstić information content (AvgIpc) is 3.29. The van der Waals surface area contributed by atoms with Crippen LogP contribution in [0, 0.1) is 11.8 Å². The predicted octanol–water partition coefficient (Wildman–Crippen LogP) is 4.04. The quantitative estimate of drug-likeness (QED) is 0.814. The van der Waals surface area contributed by atoms with Crippen LogP contribution in [0.25, 0.3) is 0 Å². The molecule has 0 bridgehead atoms. The molecule has 0 radical (unpaired) electrons. The van der Waals surface area contributed by atoms with E-state index in [4.69, 9.17) is 0 Å². The molecule has 0 aromatic heterocycles. The Morgan fingerprint density at radius 1 is 1.03 bits per heavy atom. The van der Waals surface area contributed by atoms with E-state index in [-0.39, 0.29) is 18.0 Å². The topological polar surface area (TPSA) is 52.7 Å². The lowest BCUT2D eigenvalue weighted by Crippen LogP contribution is -2.43. The molecule has 4 rings (SSSR count). The first-order chi connectivity index (χ1) is 14.2. The van der Waals surface area contributed by atoms with Crippen molar-refractivity contribution in [3.8, 4) is 0 Å². The highest BCUT2D eigenvalue weighted by Crippen LogP contribution is 2.41. The Morgan fingerprint density at radius 3 is 2.52 bits per heavy atom. The van der Waals surface area contributed by atoms with Gasteiger partial charge < -0.3 is 15.1 Å². The molecule has 6 heteroatoms. The normalized spacial score (nSPS) is 25.6. The van der Waals surface area contributed by atoms with Crippen molar-refractivity contribution >= 4 is 23.7 Å². The molecule has 1 aromatic rings. The van der Waals surface area contributed by atoms with E-state index in [1.54, 1.807) is 7.05 Å². The molecule has 5 nitrogen and oxygen atoms in total. The first-order valence-corrected chi connectivity index (χ1v) is 11.8. The van der Waals surface area contributed by atoms with Gasteiger partial charge in [0, 0.05) is 32.4 Å². The minimum Gasteiger partial charge on any atom is -0.341 e. The predicted molar refractivity (Wildman–Crippen MR) is 118 cm³/mol. The summed E-state index contributed by atoms with van der Waals surface area (Å²) in [4.78, 5) is 30.6. The van der Waals surface area contributed by atoms with Crippen LogP contribution in [0.1, 0.15) is 43.7 Å². The lowest BCUT2D eigenvalue weighted by molar-refractivity contribution is -0.137. The van der Waals surface area contributed by atoms with Crippen molar-refractivity contribution in [2.45, 2.75) is 38.1 Å². The van der Waals surface area contributed by atoms with Gasteiger partial charge in [0.15, 0.2) is 0 Å².